The number of aromatic carboxylic acids is 1. The van der Waals surface area contributed by atoms with Crippen molar-refractivity contribution in [1.29, 1.82) is 0 Å². The Hall–Kier alpha value is -2.47. The highest BCUT2D eigenvalue weighted by Gasteiger charge is 2.11. The lowest BCUT2D eigenvalue weighted by molar-refractivity contribution is -0.113. The largest absolute Gasteiger partial charge is 0.478 e. The normalized spacial score (nSPS) is 11.8. The van der Waals surface area contributed by atoms with Gasteiger partial charge in [0.2, 0.25) is 5.91 Å². The van der Waals surface area contributed by atoms with Gasteiger partial charge in [-0.3, -0.25) is 9.00 Å². The lowest BCUT2D eigenvalue weighted by atomic mass is 10.1. The van der Waals surface area contributed by atoms with E-state index in [4.69, 9.17) is 5.11 Å². The van der Waals surface area contributed by atoms with E-state index in [-0.39, 0.29) is 23.0 Å². The topological polar surface area (TPSA) is 83.5 Å². The van der Waals surface area contributed by atoms with Crippen molar-refractivity contribution in [3.8, 4) is 0 Å². The number of carbonyl (C=O) groups is 2. The van der Waals surface area contributed by atoms with Crippen LogP contribution in [-0.4, -0.2) is 26.9 Å². The number of hydrogen-bond acceptors (Lipinski definition) is 3. The smallest absolute Gasteiger partial charge is 0.335 e. The molecule has 24 heavy (non-hydrogen) atoms. The molecule has 0 aromatic heterocycles. The molecule has 2 rings (SSSR count). The molecule has 0 spiro atoms. The fourth-order valence-electron chi connectivity index (χ4n) is 2.32. The number of benzene rings is 2. The van der Waals surface area contributed by atoms with Gasteiger partial charge in [-0.2, -0.15) is 0 Å². The highest BCUT2D eigenvalue weighted by Crippen LogP contribution is 2.16. The Morgan fingerprint density at radius 1 is 1.12 bits per heavy atom. The second-order valence-corrected chi connectivity index (χ2v) is 7.06. The lowest BCUT2D eigenvalue weighted by Gasteiger charge is -2.09. The molecule has 1 atom stereocenters. The standard InChI is InChI=1S/C18H19NO4S/c1-12-6-7-16(13(2)8-12)19-17(20)11-24(23)10-14-4-3-5-15(9-14)18(21)22/h3-9H,10-11H2,1-2H3,(H,19,20)(H,21,22). The van der Waals surface area contributed by atoms with Gasteiger partial charge >= 0.3 is 5.97 Å². The van der Waals surface area contributed by atoms with Gasteiger partial charge in [0.1, 0.15) is 5.75 Å². The van der Waals surface area contributed by atoms with Crippen LogP contribution in [0.4, 0.5) is 5.69 Å². The summed E-state index contributed by atoms with van der Waals surface area (Å²) in [5, 5.41) is 11.7. The van der Waals surface area contributed by atoms with E-state index in [0.29, 0.717) is 11.3 Å². The molecule has 0 saturated carbocycles. The second kappa shape index (κ2) is 7.88. The van der Waals surface area contributed by atoms with Gasteiger partial charge in [-0.25, -0.2) is 4.79 Å². The number of carboxylic acids is 1. The molecule has 2 aromatic rings. The third kappa shape index (κ3) is 5.03. The molecule has 0 saturated heterocycles. The molecule has 6 heteroatoms. The summed E-state index contributed by atoms with van der Waals surface area (Å²) < 4.78 is 12.1. The van der Waals surface area contributed by atoms with Crippen molar-refractivity contribution in [1.82, 2.24) is 0 Å². The number of amides is 1. The number of carboxylic acid groups (broad SMARTS) is 1. The highest BCUT2D eigenvalue weighted by atomic mass is 32.2. The Morgan fingerprint density at radius 3 is 2.54 bits per heavy atom. The number of rotatable bonds is 6. The molecule has 1 amide bonds. The second-order valence-electron chi connectivity index (χ2n) is 5.60. The Balaban J connectivity index is 1.95. The van der Waals surface area contributed by atoms with Crippen LogP contribution in [0.15, 0.2) is 42.5 Å². The summed E-state index contributed by atoms with van der Waals surface area (Å²) in [5.41, 5.74) is 3.53. The Morgan fingerprint density at radius 2 is 1.88 bits per heavy atom. The molecule has 0 fully saturated rings. The van der Waals surface area contributed by atoms with Crippen molar-refractivity contribution in [3.63, 3.8) is 0 Å². The van der Waals surface area contributed by atoms with Crippen LogP contribution in [0.3, 0.4) is 0 Å². The SMILES string of the molecule is Cc1ccc(NC(=O)CS(=O)Cc2cccc(C(=O)O)c2)c(C)c1. The molecule has 2 aromatic carbocycles. The van der Waals surface area contributed by atoms with E-state index in [1.807, 2.05) is 32.0 Å². The zero-order valence-corrected chi connectivity index (χ0v) is 14.4. The summed E-state index contributed by atoms with van der Waals surface area (Å²) in [6, 6.07) is 11.9. The van der Waals surface area contributed by atoms with E-state index < -0.39 is 16.8 Å². The minimum absolute atomic E-state index is 0.134. The quantitative estimate of drug-likeness (QED) is 0.843. The number of hydrogen-bond donors (Lipinski definition) is 2. The molecule has 0 aliphatic carbocycles. The van der Waals surface area contributed by atoms with E-state index >= 15 is 0 Å². The van der Waals surface area contributed by atoms with Crippen molar-refractivity contribution in [3.05, 3.63) is 64.7 Å². The molecule has 0 radical (unpaired) electrons. The van der Waals surface area contributed by atoms with Crippen LogP contribution in [0.1, 0.15) is 27.0 Å². The lowest BCUT2D eigenvalue weighted by Crippen LogP contribution is -2.20. The molecule has 0 aliphatic rings. The van der Waals surface area contributed by atoms with E-state index in [9.17, 15) is 13.8 Å². The average molecular weight is 345 g/mol. The zero-order valence-electron chi connectivity index (χ0n) is 13.5. The average Bonchev–Trinajstić information content (AvgIpc) is 2.50. The van der Waals surface area contributed by atoms with Crippen molar-refractivity contribution >= 4 is 28.4 Å². The van der Waals surface area contributed by atoms with E-state index in [2.05, 4.69) is 5.32 Å². The molecule has 1 unspecified atom stereocenters. The highest BCUT2D eigenvalue weighted by molar-refractivity contribution is 7.84. The van der Waals surface area contributed by atoms with Crippen molar-refractivity contribution < 1.29 is 18.9 Å². The van der Waals surface area contributed by atoms with Crippen LogP contribution in [0.25, 0.3) is 0 Å². The fraction of sp³-hybridized carbons (Fsp3) is 0.222. The van der Waals surface area contributed by atoms with Crippen LogP contribution in [-0.2, 0) is 21.3 Å². The summed E-state index contributed by atoms with van der Waals surface area (Å²) >= 11 is 0. The number of nitrogens with one attached hydrogen (secondary N) is 1. The van der Waals surface area contributed by atoms with Crippen molar-refractivity contribution in [2.75, 3.05) is 11.1 Å². The van der Waals surface area contributed by atoms with Crippen LogP contribution in [0.5, 0.6) is 0 Å². The first kappa shape index (κ1) is 17.9. The van der Waals surface area contributed by atoms with Crippen LogP contribution < -0.4 is 5.32 Å². The van der Waals surface area contributed by atoms with Crippen LogP contribution in [0, 0.1) is 13.8 Å². The predicted molar refractivity (Wildman–Crippen MR) is 94.7 cm³/mol. The van der Waals surface area contributed by atoms with E-state index in [0.717, 1.165) is 11.1 Å². The molecule has 0 bridgehead atoms. The van der Waals surface area contributed by atoms with Gasteiger partial charge in [-0.1, -0.05) is 29.8 Å². The molecular weight excluding hydrogens is 326 g/mol. The molecule has 5 nitrogen and oxygen atoms in total. The van der Waals surface area contributed by atoms with Gasteiger partial charge in [-0.15, -0.1) is 0 Å². The monoisotopic (exact) mass is 345 g/mol. The summed E-state index contributed by atoms with van der Waals surface area (Å²) in [5.74, 6) is -1.35. The first-order valence-corrected chi connectivity index (χ1v) is 8.88. The third-order valence-corrected chi connectivity index (χ3v) is 4.69. The molecule has 0 heterocycles. The van der Waals surface area contributed by atoms with Gasteiger partial charge in [0.05, 0.1) is 5.56 Å². The third-order valence-electron chi connectivity index (χ3n) is 3.45. The molecule has 2 N–H and O–H groups in total. The van der Waals surface area contributed by atoms with Gasteiger partial charge < -0.3 is 10.4 Å². The first-order valence-electron chi connectivity index (χ1n) is 7.39. The van der Waals surface area contributed by atoms with Gasteiger partial charge in [-0.05, 0) is 43.2 Å². The number of aryl methyl sites for hydroxylation is 2. The number of anilines is 1. The zero-order chi connectivity index (χ0) is 17.7. The Labute approximate surface area is 143 Å². The maximum Gasteiger partial charge on any atom is 0.335 e. The van der Waals surface area contributed by atoms with Crippen molar-refractivity contribution in [2.24, 2.45) is 0 Å². The van der Waals surface area contributed by atoms with Crippen molar-refractivity contribution in [2.45, 2.75) is 19.6 Å². The summed E-state index contributed by atoms with van der Waals surface area (Å²) in [6.07, 6.45) is 0. The van der Waals surface area contributed by atoms with Crippen LogP contribution >= 0.6 is 0 Å². The number of carbonyl (C=O) groups excluding carboxylic acids is 1. The predicted octanol–water partition coefficient (Wildman–Crippen LogP) is 2.89. The Kier molecular flexibility index (Phi) is 5.87. The van der Waals surface area contributed by atoms with E-state index in [1.54, 1.807) is 12.1 Å². The van der Waals surface area contributed by atoms with Crippen LogP contribution in [0.2, 0.25) is 0 Å². The fourth-order valence-corrected chi connectivity index (χ4v) is 3.34. The Bertz CT molecular complexity index is 801. The minimum atomic E-state index is -1.41. The van der Waals surface area contributed by atoms with E-state index in [1.165, 1.54) is 12.1 Å². The van der Waals surface area contributed by atoms with Gasteiger partial charge in [0.25, 0.3) is 0 Å². The maximum atomic E-state index is 12.1. The van der Waals surface area contributed by atoms with Gasteiger partial charge in [0, 0.05) is 22.2 Å². The summed E-state index contributed by atoms with van der Waals surface area (Å²) in [7, 11) is -1.41. The van der Waals surface area contributed by atoms with Gasteiger partial charge in [0.15, 0.2) is 0 Å². The molecule has 0 aliphatic heterocycles. The molecular formula is C18H19NO4S. The minimum Gasteiger partial charge on any atom is -0.478 e. The summed E-state index contributed by atoms with van der Waals surface area (Å²) in [6.45, 7) is 3.87. The molecule has 126 valence electrons. The first-order chi connectivity index (χ1) is 11.3. The summed E-state index contributed by atoms with van der Waals surface area (Å²) in [4.78, 5) is 23.0. The maximum absolute atomic E-state index is 12.1.